The maximum absolute atomic E-state index is 12.3. The van der Waals surface area contributed by atoms with Crippen molar-refractivity contribution in [3.63, 3.8) is 0 Å². The van der Waals surface area contributed by atoms with Crippen molar-refractivity contribution in [2.45, 2.75) is 19.4 Å². The normalized spacial score (nSPS) is 20.0. The quantitative estimate of drug-likeness (QED) is 0.866. The van der Waals surface area contributed by atoms with Gasteiger partial charge in [0.15, 0.2) is 0 Å². The van der Waals surface area contributed by atoms with Crippen molar-refractivity contribution in [2.75, 3.05) is 13.1 Å². The van der Waals surface area contributed by atoms with Gasteiger partial charge in [-0.25, -0.2) is 4.98 Å². The Bertz CT molecular complexity index is 623. The molecule has 2 aromatic heterocycles. The summed E-state index contributed by atoms with van der Waals surface area (Å²) in [4.78, 5) is 21.3. The number of pyridine rings is 1. The molecule has 0 spiro atoms. The molecule has 0 aromatic carbocycles. The first-order valence-corrected chi connectivity index (χ1v) is 7.93. The smallest absolute Gasteiger partial charge is 0.263 e. The van der Waals surface area contributed by atoms with Crippen LogP contribution in [-0.2, 0) is 0 Å². The molecule has 0 aliphatic carbocycles. The number of nitrogens with zero attached hydrogens (tertiary/aromatic N) is 2. The SMILES string of the molecule is CC1CCNCC1NC(=O)c1cnc(-c2ccncc2)s1.Cl.Cl. The van der Waals surface area contributed by atoms with E-state index in [0.29, 0.717) is 10.8 Å². The van der Waals surface area contributed by atoms with E-state index in [0.717, 1.165) is 30.1 Å². The van der Waals surface area contributed by atoms with Gasteiger partial charge < -0.3 is 10.6 Å². The summed E-state index contributed by atoms with van der Waals surface area (Å²) in [5, 5.41) is 7.27. The molecule has 0 radical (unpaired) electrons. The van der Waals surface area contributed by atoms with Crippen LogP contribution < -0.4 is 10.6 Å². The summed E-state index contributed by atoms with van der Waals surface area (Å²) in [7, 11) is 0. The number of hydrogen-bond donors (Lipinski definition) is 2. The lowest BCUT2D eigenvalue weighted by molar-refractivity contribution is 0.0919. The summed E-state index contributed by atoms with van der Waals surface area (Å²) in [6, 6.07) is 3.99. The van der Waals surface area contributed by atoms with Crippen LogP contribution >= 0.6 is 36.2 Å². The molecule has 0 bridgehead atoms. The molecule has 126 valence electrons. The van der Waals surface area contributed by atoms with E-state index >= 15 is 0 Å². The lowest BCUT2D eigenvalue weighted by atomic mass is 9.95. The number of aromatic nitrogens is 2. The zero-order chi connectivity index (χ0) is 14.7. The molecule has 1 aliphatic rings. The van der Waals surface area contributed by atoms with Crippen molar-refractivity contribution >= 4 is 42.1 Å². The summed E-state index contributed by atoms with van der Waals surface area (Å²) < 4.78 is 0. The topological polar surface area (TPSA) is 66.9 Å². The first kappa shape index (κ1) is 19.8. The van der Waals surface area contributed by atoms with Gasteiger partial charge in [-0.3, -0.25) is 9.78 Å². The predicted octanol–water partition coefficient (Wildman–Crippen LogP) is 2.78. The average Bonchev–Trinajstić information content (AvgIpc) is 3.00. The van der Waals surface area contributed by atoms with Crippen molar-refractivity contribution in [1.29, 1.82) is 0 Å². The second kappa shape index (κ2) is 9.17. The number of nitrogens with one attached hydrogen (secondary N) is 2. The molecular weight excluding hydrogens is 355 g/mol. The molecule has 0 saturated carbocycles. The van der Waals surface area contributed by atoms with Crippen LogP contribution in [0.1, 0.15) is 23.0 Å². The van der Waals surface area contributed by atoms with Crippen LogP contribution in [0, 0.1) is 5.92 Å². The third-order valence-electron chi connectivity index (χ3n) is 3.80. The van der Waals surface area contributed by atoms with Gasteiger partial charge in [-0.1, -0.05) is 6.92 Å². The third-order valence-corrected chi connectivity index (χ3v) is 4.85. The molecule has 2 N–H and O–H groups in total. The summed E-state index contributed by atoms with van der Waals surface area (Å²) in [5.74, 6) is 0.469. The fraction of sp³-hybridized carbons (Fsp3) is 0.400. The fourth-order valence-corrected chi connectivity index (χ4v) is 3.25. The Hall–Kier alpha value is -1.21. The standard InChI is InChI=1S/C15H18N4OS.2ClH/c1-10-2-5-17-8-12(10)19-14(20)13-9-18-15(21-13)11-3-6-16-7-4-11;;/h3-4,6-7,9-10,12,17H,2,5,8H2,1H3,(H,19,20);2*1H. The van der Waals surface area contributed by atoms with Gasteiger partial charge >= 0.3 is 0 Å². The van der Waals surface area contributed by atoms with Crippen LogP contribution in [0.3, 0.4) is 0 Å². The van der Waals surface area contributed by atoms with E-state index in [-0.39, 0.29) is 36.8 Å². The number of thiazole rings is 1. The van der Waals surface area contributed by atoms with Crippen LogP contribution in [0.25, 0.3) is 10.6 Å². The molecule has 8 heteroatoms. The maximum atomic E-state index is 12.3. The van der Waals surface area contributed by atoms with Crippen LogP contribution in [-0.4, -0.2) is 35.0 Å². The van der Waals surface area contributed by atoms with Gasteiger partial charge in [0.2, 0.25) is 0 Å². The summed E-state index contributed by atoms with van der Waals surface area (Å²) in [6.07, 6.45) is 6.20. The third kappa shape index (κ3) is 4.88. The Morgan fingerprint density at radius 1 is 1.35 bits per heavy atom. The van der Waals surface area contributed by atoms with E-state index in [9.17, 15) is 4.79 Å². The van der Waals surface area contributed by atoms with Crippen molar-refractivity contribution in [3.8, 4) is 10.6 Å². The zero-order valence-corrected chi connectivity index (χ0v) is 15.1. The van der Waals surface area contributed by atoms with Gasteiger partial charge in [-0.15, -0.1) is 36.2 Å². The molecule has 3 heterocycles. The van der Waals surface area contributed by atoms with Gasteiger partial charge in [-0.05, 0) is 31.0 Å². The highest BCUT2D eigenvalue weighted by Gasteiger charge is 2.23. The van der Waals surface area contributed by atoms with Crippen molar-refractivity contribution < 1.29 is 4.79 Å². The predicted molar refractivity (Wildman–Crippen MR) is 97.7 cm³/mol. The average molecular weight is 375 g/mol. The van der Waals surface area contributed by atoms with E-state index in [4.69, 9.17) is 0 Å². The van der Waals surface area contributed by atoms with Crippen LogP contribution in [0.4, 0.5) is 0 Å². The second-order valence-corrected chi connectivity index (χ2v) is 6.35. The Kier molecular flexibility index (Phi) is 7.91. The monoisotopic (exact) mass is 374 g/mol. The maximum Gasteiger partial charge on any atom is 0.263 e. The minimum Gasteiger partial charge on any atom is -0.347 e. The minimum atomic E-state index is -0.0339. The summed E-state index contributed by atoms with van der Waals surface area (Å²) in [5.41, 5.74) is 0.988. The van der Waals surface area contributed by atoms with Gasteiger partial charge in [0, 0.05) is 30.5 Å². The molecule has 2 unspecified atom stereocenters. The lowest BCUT2D eigenvalue weighted by Gasteiger charge is -2.29. The number of hydrogen-bond acceptors (Lipinski definition) is 5. The molecule has 1 saturated heterocycles. The van der Waals surface area contributed by atoms with Gasteiger partial charge in [0.05, 0.1) is 6.20 Å². The van der Waals surface area contributed by atoms with Gasteiger partial charge in [0.25, 0.3) is 5.91 Å². The highest BCUT2D eigenvalue weighted by Crippen LogP contribution is 2.24. The zero-order valence-electron chi connectivity index (χ0n) is 12.7. The van der Waals surface area contributed by atoms with Crippen molar-refractivity contribution in [3.05, 3.63) is 35.6 Å². The van der Waals surface area contributed by atoms with E-state index in [1.165, 1.54) is 11.3 Å². The van der Waals surface area contributed by atoms with E-state index in [1.807, 2.05) is 12.1 Å². The fourth-order valence-electron chi connectivity index (χ4n) is 2.43. The summed E-state index contributed by atoms with van der Waals surface area (Å²) in [6.45, 7) is 4.05. The first-order valence-electron chi connectivity index (χ1n) is 7.12. The van der Waals surface area contributed by atoms with Crippen molar-refractivity contribution in [1.82, 2.24) is 20.6 Å². The molecule has 1 aliphatic heterocycles. The number of carbonyl (C=O) groups excluding carboxylic acids is 1. The number of halogens is 2. The van der Waals surface area contributed by atoms with Crippen molar-refractivity contribution in [2.24, 2.45) is 5.92 Å². The van der Waals surface area contributed by atoms with Crippen LogP contribution in [0.2, 0.25) is 0 Å². The molecule has 2 atom stereocenters. The Morgan fingerprint density at radius 2 is 2.09 bits per heavy atom. The largest absolute Gasteiger partial charge is 0.347 e. The highest BCUT2D eigenvalue weighted by atomic mass is 35.5. The van der Waals surface area contributed by atoms with E-state index in [2.05, 4.69) is 27.5 Å². The number of rotatable bonds is 3. The Balaban J connectivity index is 0.00000132. The van der Waals surface area contributed by atoms with E-state index < -0.39 is 0 Å². The number of piperidine rings is 1. The second-order valence-electron chi connectivity index (χ2n) is 5.32. The highest BCUT2D eigenvalue weighted by molar-refractivity contribution is 7.16. The molecule has 3 rings (SSSR count). The number of amides is 1. The van der Waals surface area contributed by atoms with Crippen LogP contribution in [0.5, 0.6) is 0 Å². The Morgan fingerprint density at radius 3 is 2.78 bits per heavy atom. The van der Waals surface area contributed by atoms with E-state index in [1.54, 1.807) is 18.6 Å². The molecular formula is C15H20Cl2N4OS. The molecule has 2 aromatic rings. The molecule has 1 fully saturated rings. The van der Waals surface area contributed by atoms with Gasteiger partial charge in [-0.2, -0.15) is 0 Å². The lowest BCUT2D eigenvalue weighted by Crippen LogP contribution is -2.50. The molecule has 1 amide bonds. The minimum absolute atomic E-state index is 0. The molecule has 5 nitrogen and oxygen atoms in total. The number of carbonyl (C=O) groups is 1. The first-order chi connectivity index (χ1) is 10.2. The summed E-state index contributed by atoms with van der Waals surface area (Å²) >= 11 is 1.41. The molecule has 23 heavy (non-hydrogen) atoms. The van der Waals surface area contributed by atoms with Gasteiger partial charge in [0.1, 0.15) is 9.88 Å². The van der Waals surface area contributed by atoms with Crippen LogP contribution in [0.15, 0.2) is 30.7 Å². The Labute approximate surface area is 152 Å².